The van der Waals surface area contributed by atoms with Crippen molar-refractivity contribution in [3.63, 3.8) is 0 Å². The summed E-state index contributed by atoms with van der Waals surface area (Å²) in [6, 6.07) is 0. The van der Waals surface area contributed by atoms with Gasteiger partial charge < -0.3 is 24.7 Å². The van der Waals surface area contributed by atoms with E-state index in [1.807, 2.05) is 5.32 Å². The van der Waals surface area contributed by atoms with E-state index in [4.69, 9.17) is 14.5 Å². The third kappa shape index (κ3) is 3.42. The van der Waals surface area contributed by atoms with E-state index in [0.29, 0.717) is 0 Å². The largest absolute Gasteiger partial charge is 0.469 e. The Morgan fingerprint density at radius 1 is 1.46 bits per heavy atom. The minimum atomic E-state index is -4.99. The van der Waals surface area contributed by atoms with Crippen LogP contribution < -0.4 is 5.32 Å². The van der Waals surface area contributed by atoms with Crippen molar-refractivity contribution < 1.29 is 47.8 Å². The van der Waals surface area contributed by atoms with Crippen LogP contribution in [0.2, 0.25) is 0 Å². The van der Waals surface area contributed by atoms with Gasteiger partial charge in [-0.05, 0) is 6.92 Å². The number of amides is 2. The number of phosphoric acid groups is 1. The number of carbonyl (C=O) groups excluding carboxylic acids is 2. The van der Waals surface area contributed by atoms with Crippen molar-refractivity contribution in [2.75, 3.05) is 13.3 Å². The van der Waals surface area contributed by atoms with Crippen molar-refractivity contribution in [3.05, 3.63) is 12.2 Å². The maximum Gasteiger partial charge on any atom is 0.469 e. The molecule has 2 aliphatic heterocycles. The van der Waals surface area contributed by atoms with E-state index in [-0.39, 0.29) is 0 Å². The lowest BCUT2D eigenvalue weighted by Crippen LogP contribution is -2.55. The SMILES string of the molecule is C[C@@]1(O)[C@H](O)[C@@](CF)(COP(=O)(O)O)O[C@H]1C1C=CC(=O)NC1=O. The zero-order chi connectivity index (χ0) is 18.3. The molecule has 5 N–H and O–H groups in total. The van der Waals surface area contributed by atoms with Gasteiger partial charge in [-0.3, -0.25) is 19.4 Å². The Hall–Kier alpha value is -1.20. The van der Waals surface area contributed by atoms with E-state index in [0.717, 1.165) is 19.1 Å². The number of ether oxygens (including phenoxy) is 1. The minimum Gasteiger partial charge on any atom is -0.387 e. The Morgan fingerprint density at radius 2 is 2.08 bits per heavy atom. The van der Waals surface area contributed by atoms with Crippen LogP contribution in [0.25, 0.3) is 0 Å². The quantitative estimate of drug-likeness (QED) is 0.276. The molecule has 0 saturated carbocycles. The van der Waals surface area contributed by atoms with Crippen LogP contribution in [-0.4, -0.2) is 68.5 Å². The lowest BCUT2D eigenvalue weighted by molar-refractivity contribution is -0.146. The monoisotopic (exact) mass is 369 g/mol. The third-order valence-electron chi connectivity index (χ3n) is 4.02. The second-order valence-electron chi connectivity index (χ2n) is 5.87. The van der Waals surface area contributed by atoms with Gasteiger partial charge in [-0.2, -0.15) is 0 Å². The highest BCUT2D eigenvalue weighted by molar-refractivity contribution is 7.46. The van der Waals surface area contributed by atoms with E-state index in [9.17, 15) is 28.8 Å². The summed E-state index contributed by atoms with van der Waals surface area (Å²) in [6.45, 7) is -1.43. The predicted molar refractivity (Wildman–Crippen MR) is 74.0 cm³/mol. The van der Waals surface area contributed by atoms with E-state index in [2.05, 4.69) is 4.52 Å². The van der Waals surface area contributed by atoms with Crippen LogP contribution in [0.4, 0.5) is 4.39 Å². The number of imide groups is 1. The molecular formula is C12H17FNO9P. The Labute approximate surface area is 135 Å². The number of aliphatic hydroxyl groups is 2. The maximum atomic E-state index is 13.5. The zero-order valence-electron chi connectivity index (χ0n) is 12.5. The summed E-state index contributed by atoms with van der Waals surface area (Å²) >= 11 is 0. The van der Waals surface area contributed by atoms with Crippen LogP contribution in [0.5, 0.6) is 0 Å². The lowest BCUT2D eigenvalue weighted by atomic mass is 9.81. The second-order valence-corrected chi connectivity index (χ2v) is 7.11. The van der Waals surface area contributed by atoms with E-state index < -0.39 is 62.2 Å². The van der Waals surface area contributed by atoms with Gasteiger partial charge in [0.05, 0.1) is 12.5 Å². The normalized spacial score (nSPS) is 40.0. The number of nitrogens with one attached hydrogen (secondary N) is 1. The molecule has 1 saturated heterocycles. The number of carbonyl (C=O) groups is 2. The molecule has 0 aromatic carbocycles. The molecule has 10 nitrogen and oxygen atoms in total. The number of hydrogen-bond acceptors (Lipinski definition) is 7. The van der Waals surface area contributed by atoms with Gasteiger partial charge in [0.1, 0.15) is 30.1 Å². The van der Waals surface area contributed by atoms with Gasteiger partial charge in [0.2, 0.25) is 11.8 Å². The molecule has 2 aliphatic rings. The minimum absolute atomic E-state index is 0.684. The summed E-state index contributed by atoms with van der Waals surface area (Å²) in [7, 11) is -4.99. The standard InChI is InChI=1S/C12H17FNO9P/c1-11(18)8(6-2-3-7(15)14-9(6)16)23-12(4-13,10(11)17)5-22-24(19,20)21/h2-3,6,8,10,17-18H,4-5H2,1H3,(H,14,15,16)(H2,19,20,21)/t6?,8-,10-,11-,12+/m0/s1. The molecule has 2 rings (SSSR count). The first-order chi connectivity index (χ1) is 10.9. The number of alkyl halides is 1. The molecule has 2 heterocycles. The van der Waals surface area contributed by atoms with E-state index in [1.165, 1.54) is 0 Å². The maximum absolute atomic E-state index is 13.5. The molecule has 0 aliphatic carbocycles. The predicted octanol–water partition coefficient (Wildman–Crippen LogP) is -1.86. The second kappa shape index (κ2) is 6.26. The molecule has 12 heteroatoms. The summed E-state index contributed by atoms with van der Waals surface area (Å²) in [5, 5.41) is 22.7. The zero-order valence-corrected chi connectivity index (χ0v) is 13.4. The fraction of sp³-hybridized carbons (Fsp3) is 0.667. The van der Waals surface area contributed by atoms with Gasteiger partial charge in [-0.1, -0.05) is 6.08 Å². The van der Waals surface area contributed by atoms with Crippen LogP contribution >= 0.6 is 7.82 Å². The van der Waals surface area contributed by atoms with Gasteiger partial charge in [-0.25, -0.2) is 8.96 Å². The number of phosphoric ester groups is 1. The fourth-order valence-corrected chi connectivity index (χ4v) is 3.16. The van der Waals surface area contributed by atoms with Crippen molar-refractivity contribution in [1.82, 2.24) is 5.32 Å². The highest BCUT2D eigenvalue weighted by atomic mass is 31.2. The molecule has 24 heavy (non-hydrogen) atoms. The Balaban J connectivity index is 2.32. The molecule has 0 aromatic heterocycles. The topological polar surface area (TPSA) is 163 Å². The molecule has 1 fully saturated rings. The summed E-state index contributed by atoms with van der Waals surface area (Å²) < 4.78 is 33.9. The van der Waals surface area contributed by atoms with Crippen LogP contribution in [-0.2, 0) is 23.4 Å². The highest BCUT2D eigenvalue weighted by Gasteiger charge is 2.64. The van der Waals surface area contributed by atoms with Crippen molar-refractivity contribution >= 4 is 19.6 Å². The molecule has 0 bridgehead atoms. The van der Waals surface area contributed by atoms with Crippen LogP contribution in [0.1, 0.15) is 6.92 Å². The first-order valence-corrected chi connectivity index (χ1v) is 8.33. The van der Waals surface area contributed by atoms with Crippen molar-refractivity contribution in [3.8, 4) is 0 Å². The third-order valence-corrected chi connectivity index (χ3v) is 4.49. The van der Waals surface area contributed by atoms with Gasteiger partial charge in [0.15, 0.2) is 0 Å². The summed E-state index contributed by atoms with van der Waals surface area (Å²) in [6.07, 6.45) is -1.29. The van der Waals surface area contributed by atoms with Crippen molar-refractivity contribution in [2.45, 2.75) is 30.3 Å². The summed E-state index contributed by atoms with van der Waals surface area (Å²) in [5.41, 5.74) is -4.44. The molecule has 0 aromatic rings. The summed E-state index contributed by atoms with van der Waals surface area (Å²) in [5.74, 6) is -2.74. The number of hydrogen-bond donors (Lipinski definition) is 5. The first kappa shape index (κ1) is 19.1. The smallest absolute Gasteiger partial charge is 0.387 e. The highest BCUT2D eigenvalue weighted by Crippen LogP contribution is 2.46. The van der Waals surface area contributed by atoms with Gasteiger partial charge >= 0.3 is 7.82 Å². The van der Waals surface area contributed by atoms with E-state index >= 15 is 0 Å². The van der Waals surface area contributed by atoms with Gasteiger partial charge in [0.25, 0.3) is 0 Å². The fourth-order valence-electron chi connectivity index (χ4n) is 2.77. The average Bonchev–Trinajstić information content (AvgIpc) is 2.66. The van der Waals surface area contributed by atoms with Crippen LogP contribution in [0, 0.1) is 5.92 Å². The lowest BCUT2D eigenvalue weighted by Gasteiger charge is -2.31. The van der Waals surface area contributed by atoms with Crippen molar-refractivity contribution in [2.24, 2.45) is 5.92 Å². The Kier molecular flexibility index (Phi) is 4.99. The Morgan fingerprint density at radius 3 is 2.58 bits per heavy atom. The average molecular weight is 369 g/mol. The molecule has 2 amide bonds. The van der Waals surface area contributed by atoms with Gasteiger partial charge in [0, 0.05) is 6.08 Å². The molecule has 1 unspecified atom stereocenters. The molecule has 0 spiro atoms. The van der Waals surface area contributed by atoms with E-state index in [1.54, 1.807) is 0 Å². The number of halogens is 1. The molecule has 136 valence electrons. The van der Waals surface area contributed by atoms with Crippen molar-refractivity contribution in [1.29, 1.82) is 0 Å². The first-order valence-electron chi connectivity index (χ1n) is 6.80. The summed E-state index contributed by atoms with van der Waals surface area (Å²) in [4.78, 5) is 40.5. The molecular weight excluding hydrogens is 352 g/mol. The molecule has 5 atom stereocenters. The van der Waals surface area contributed by atoms with Crippen LogP contribution in [0.15, 0.2) is 12.2 Å². The number of rotatable bonds is 5. The van der Waals surface area contributed by atoms with Crippen LogP contribution in [0.3, 0.4) is 0 Å². The molecule has 0 radical (unpaired) electrons. The number of aliphatic hydroxyl groups excluding tert-OH is 1. The Bertz CT molecular complexity index is 618. The van der Waals surface area contributed by atoms with Gasteiger partial charge in [-0.15, -0.1) is 0 Å².